The highest BCUT2D eigenvalue weighted by molar-refractivity contribution is 7.89. The molecule has 0 aromatic heterocycles. The second-order valence-electron chi connectivity index (χ2n) is 4.82. The Balaban J connectivity index is 2.12. The van der Waals surface area contributed by atoms with Gasteiger partial charge in [0.05, 0.1) is 4.90 Å². The van der Waals surface area contributed by atoms with Gasteiger partial charge in [-0.05, 0) is 49.7 Å². The molecule has 0 heterocycles. The molecule has 2 aromatic carbocycles. The van der Waals surface area contributed by atoms with Gasteiger partial charge in [-0.1, -0.05) is 25.1 Å². The Morgan fingerprint density at radius 2 is 1.57 bits per heavy atom. The second-order valence-corrected chi connectivity index (χ2v) is 6.53. The molecular formula is C16H19NO3S. The van der Waals surface area contributed by atoms with Crippen molar-refractivity contribution in [3.8, 4) is 11.5 Å². The van der Waals surface area contributed by atoms with Crippen LogP contribution in [0, 0.1) is 0 Å². The van der Waals surface area contributed by atoms with Crippen LogP contribution in [0.4, 0.5) is 0 Å². The van der Waals surface area contributed by atoms with E-state index < -0.39 is 10.0 Å². The molecule has 0 saturated heterocycles. The molecule has 2 rings (SSSR count). The van der Waals surface area contributed by atoms with Crippen molar-refractivity contribution < 1.29 is 13.2 Å². The molecule has 0 aliphatic rings. The highest BCUT2D eigenvalue weighted by Crippen LogP contribution is 2.22. The molecule has 0 spiro atoms. The minimum atomic E-state index is -3.47. The van der Waals surface area contributed by atoms with Gasteiger partial charge in [-0.3, -0.25) is 0 Å². The zero-order valence-corrected chi connectivity index (χ0v) is 12.9. The largest absolute Gasteiger partial charge is 0.457 e. The normalized spacial score (nSPS) is 12.9. The Labute approximate surface area is 125 Å². The van der Waals surface area contributed by atoms with E-state index in [4.69, 9.17) is 4.74 Å². The van der Waals surface area contributed by atoms with Crippen molar-refractivity contribution in [1.82, 2.24) is 4.72 Å². The fourth-order valence-electron chi connectivity index (χ4n) is 1.73. The van der Waals surface area contributed by atoms with Crippen LogP contribution in [0.5, 0.6) is 11.5 Å². The molecule has 0 amide bonds. The van der Waals surface area contributed by atoms with E-state index in [0.29, 0.717) is 11.5 Å². The third-order valence-electron chi connectivity index (χ3n) is 3.08. The summed E-state index contributed by atoms with van der Waals surface area (Å²) in [6, 6.07) is 15.7. The summed E-state index contributed by atoms with van der Waals surface area (Å²) >= 11 is 0. The van der Waals surface area contributed by atoms with Crippen molar-refractivity contribution in [1.29, 1.82) is 0 Å². The fourth-order valence-corrected chi connectivity index (χ4v) is 3.05. The molecule has 0 bridgehead atoms. The zero-order valence-electron chi connectivity index (χ0n) is 12.1. The number of rotatable bonds is 6. The molecule has 1 atom stereocenters. The molecule has 0 aliphatic carbocycles. The van der Waals surface area contributed by atoms with E-state index in [1.54, 1.807) is 24.3 Å². The van der Waals surface area contributed by atoms with Gasteiger partial charge >= 0.3 is 0 Å². The monoisotopic (exact) mass is 305 g/mol. The molecule has 4 nitrogen and oxygen atoms in total. The number of nitrogens with one attached hydrogen (secondary N) is 1. The Morgan fingerprint density at radius 1 is 1.00 bits per heavy atom. The van der Waals surface area contributed by atoms with E-state index in [2.05, 4.69) is 4.72 Å². The first-order valence-electron chi connectivity index (χ1n) is 6.86. The predicted molar refractivity (Wildman–Crippen MR) is 83.0 cm³/mol. The molecule has 5 heteroatoms. The van der Waals surface area contributed by atoms with Gasteiger partial charge in [0.25, 0.3) is 0 Å². The van der Waals surface area contributed by atoms with Crippen molar-refractivity contribution >= 4 is 10.0 Å². The minimum absolute atomic E-state index is 0.0877. The van der Waals surface area contributed by atoms with Gasteiger partial charge in [0.1, 0.15) is 11.5 Å². The molecular weight excluding hydrogens is 286 g/mol. The van der Waals surface area contributed by atoms with Crippen molar-refractivity contribution in [2.45, 2.75) is 31.2 Å². The van der Waals surface area contributed by atoms with Gasteiger partial charge in [-0.25, -0.2) is 13.1 Å². The average molecular weight is 305 g/mol. The maximum absolute atomic E-state index is 12.1. The number of hydrogen-bond acceptors (Lipinski definition) is 3. The summed E-state index contributed by atoms with van der Waals surface area (Å²) < 4.78 is 32.5. The summed E-state index contributed by atoms with van der Waals surface area (Å²) in [5.41, 5.74) is 0. The summed E-state index contributed by atoms with van der Waals surface area (Å²) in [6.07, 6.45) is 0.744. The Bertz CT molecular complexity index is 666. The molecule has 1 N–H and O–H groups in total. The lowest BCUT2D eigenvalue weighted by molar-refractivity contribution is 0.482. The van der Waals surface area contributed by atoms with Gasteiger partial charge in [0, 0.05) is 6.04 Å². The highest BCUT2D eigenvalue weighted by atomic mass is 32.2. The van der Waals surface area contributed by atoms with Crippen molar-refractivity contribution in [2.75, 3.05) is 0 Å². The summed E-state index contributed by atoms with van der Waals surface area (Å²) in [7, 11) is -3.47. The molecule has 21 heavy (non-hydrogen) atoms. The smallest absolute Gasteiger partial charge is 0.240 e. The van der Waals surface area contributed by atoms with Crippen molar-refractivity contribution in [3.05, 3.63) is 54.6 Å². The van der Waals surface area contributed by atoms with E-state index >= 15 is 0 Å². The summed E-state index contributed by atoms with van der Waals surface area (Å²) in [5.74, 6) is 1.31. The molecule has 2 aromatic rings. The van der Waals surface area contributed by atoms with Crippen LogP contribution < -0.4 is 9.46 Å². The van der Waals surface area contributed by atoms with E-state index in [9.17, 15) is 8.42 Å². The Hall–Kier alpha value is -1.85. The van der Waals surface area contributed by atoms with Gasteiger partial charge < -0.3 is 4.74 Å². The van der Waals surface area contributed by atoms with E-state index in [0.717, 1.165) is 6.42 Å². The van der Waals surface area contributed by atoms with Crippen LogP contribution in [0.3, 0.4) is 0 Å². The van der Waals surface area contributed by atoms with Gasteiger partial charge in [-0.2, -0.15) is 0 Å². The van der Waals surface area contributed by atoms with E-state index in [1.165, 1.54) is 0 Å². The van der Waals surface area contributed by atoms with Gasteiger partial charge in [-0.15, -0.1) is 0 Å². The number of para-hydroxylation sites is 1. The molecule has 1 unspecified atom stereocenters. The maximum atomic E-state index is 12.1. The van der Waals surface area contributed by atoms with Crippen LogP contribution in [0.25, 0.3) is 0 Å². The third-order valence-corrected chi connectivity index (χ3v) is 4.69. The molecule has 0 aliphatic heterocycles. The van der Waals surface area contributed by atoms with Crippen LogP contribution in [0.15, 0.2) is 59.5 Å². The quantitative estimate of drug-likeness (QED) is 0.888. The van der Waals surface area contributed by atoms with Crippen LogP contribution >= 0.6 is 0 Å². The van der Waals surface area contributed by atoms with E-state index in [-0.39, 0.29) is 10.9 Å². The van der Waals surface area contributed by atoms with Crippen molar-refractivity contribution in [2.24, 2.45) is 0 Å². The van der Waals surface area contributed by atoms with Crippen molar-refractivity contribution in [3.63, 3.8) is 0 Å². The summed E-state index contributed by atoms with van der Waals surface area (Å²) in [4.78, 5) is 0.239. The lowest BCUT2D eigenvalue weighted by Gasteiger charge is -2.12. The summed E-state index contributed by atoms with van der Waals surface area (Å²) in [6.45, 7) is 3.77. The van der Waals surface area contributed by atoms with Crippen LogP contribution in [0.1, 0.15) is 20.3 Å². The van der Waals surface area contributed by atoms with Crippen LogP contribution in [-0.4, -0.2) is 14.5 Å². The fraction of sp³-hybridized carbons (Fsp3) is 0.250. The molecule has 0 radical (unpaired) electrons. The number of benzene rings is 2. The first kappa shape index (κ1) is 15.5. The topological polar surface area (TPSA) is 55.4 Å². The lowest BCUT2D eigenvalue weighted by Crippen LogP contribution is -2.31. The number of ether oxygens (including phenoxy) is 1. The SMILES string of the molecule is CCC(C)NS(=O)(=O)c1ccc(Oc2ccccc2)cc1. The molecule has 0 fully saturated rings. The first-order valence-corrected chi connectivity index (χ1v) is 8.35. The Kier molecular flexibility index (Phi) is 4.98. The molecule has 112 valence electrons. The average Bonchev–Trinajstić information content (AvgIpc) is 2.48. The second kappa shape index (κ2) is 6.74. The van der Waals surface area contributed by atoms with Gasteiger partial charge in [0.2, 0.25) is 10.0 Å². The third kappa shape index (κ3) is 4.31. The number of hydrogen-bond donors (Lipinski definition) is 1. The predicted octanol–water partition coefficient (Wildman–Crippen LogP) is 3.56. The zero-order chi connectivity index (χ0) is 15.3. The lowest BCUT2D eigenvalue weighted by atomic mass is 10.3. The maximum Gasteiger partial charge on any atom is 0.240 e. The van der Waals surface area contributed by atoms with Crippen LogP contribution in [0.2, 0.25) is 0 Å². The van der Waals surface area contributed by atoms with Crippen LogP contribution in [-0.2, 0) is 10.0 Å². The molecule has 0 saturated carbocycles. The minimum Gasteiger partial charge on any atom is -0.457 e. The highest BCUT2D eigenvalue weighted by Gasteiger charge is 2.16. The standard InChI is InChI=1S/C16H19NO3S/c1-3-13(2)17-21(18,19)16-11-9-15(10-12-16)20-14-7-5-4-6-8-14/h4-13,17H,3H2,1-2H3. The summed E-state index contributed by atoms with van der Waals surface area (Å²) in [5, 5.41) is 0. The van der Waals surface area contributed by atoms with Gasteiger partial charge in [0.15, 0.2) is 0 Å². The van der Waals surface area contributed by atoms with E-state index in [1.807, 2.05) is 44.2 Å². The number of sulfonamides is 1. The Morgan fingerprint density at radius 3 is 2.14 bits per heavy atom. The first-order chi connectivity index (χ1) is 10.0.